The van der Waals surface area contributed by atoms with Crippen molar-refractivity contribution in [3.63, 3.8) is 0 Å². The Hall–Kier alpha value is -0.336. The van der Waals surface area contributed by atoms with Crippen molar-refractivity contribution in [1.29, 1.82) is 0 Å². The van der Waals surface area contributed by atoms with Crippen LogP contribution in [-0.2, 0) is 53.9 Å². The molecule has 0 atom stereocenters. The molecule has 8 heteroatoms. The van der Waals surface area contributed by atoms with E-state index in [0.29, 0.717) is 0 Å². The van der Waals surface area contributed by atoms with E-state index in [1.165, 1.54) is 30.5 Å². The maximum absolute atomic E-state index is 11.9. The summed E-state index contributed by atoms with van der Waals surface area (Å²) in [4.78, 5) is 11.2. The summed E-state index contributed by atoms with van der Waals surface area (Å²) in [6.45, 7) is 13.5. The molecule has 0 heterocycles. The number of rotatable bonds is 6. The molecule has 0 saturated carbocycles. The standard InChI is InChI=1S/C9H11.C8H16N2O4S.Y/c1-3-9-6-4-5-8(2)7-9;1-5-10(6-2)15(13,14)8(3,4)7(11)9-12;/h4,6-7H,3H2,1-2H3;12H,1-2,5-6H2,3-4H3,(H,9,11);/q-1;-2;+3. The van der Waals surface area contributed by atoms with Crippen molar-refractivity contribution in [2.75, 3.05) is 13.1 Å². The molecule has 1 amide bonds. The third kappa shape index (κ3) is 7.43. The molecule has 138 valence electrons. The minimum Gasteiger partial charge on any atom is -0.329 e. The molecule has 2 N–H and O–H groups in total. The molecular weight excluding hydrogens is 417 g/mol. The third-order valence-electron chi connectivity index (χ3n) is 3.55. The van der Waals surface area contributed by atoms with Crippen molar-refractivity contribution in [2.45, 2.75) is 38.9 Å². The summed E-state index contributed by atoms with van der Waals surface area (Å²) in [7, 11) is -3.88. The van der Waals surface area contributed by atoms with Gasteiger partial charge in [-0.25, -0.2) is 13.9 Å². The zero-order chi connectivity index (χ0) is 19.0. The molecule has 0 aliphatic carbocycles. The number of aryl methyl sites for hydroxylation is 2. The van der Waals surface area contributed by atoms with Crippen LogP contribution in [-0.4, -0.2) is 41.7 Å². The molecular formula is C17H27N2O4SY. The van der Waals surface area contributed by atoms with Crippen LogP contribution in [0.3, 0.4) is 0 Å². The molecule has 0 saturated heterocycles. The van der Waals surface area contributed by atoms with Gasteiger partial charge in [0.1, 0.15) is 0 Å². The average Bonchev–Trinajstić information content (AvgIpc) is 2.55. The van der Waals surface area contributed by atoms with E-state index in [0.717, 1.165) is 10.7 Å². The Morgan fingerprint density at radius 3 is 2.20 bits per heavy atom. The van der Waals surface area contributed by atoms with Crippen molar-refractivity contribution in [1.82, 2.24) is 9.79 Å². The van der Waals surface area contributed by atoms with E-state index in [1.54, 1.807) is 0 Å². The van der Waals surface area contributed by atoms with Gasteiger partial charge in [-0.15, -0.1) is 13.1 Å². The number of hydrogen-bond acceptors (Lipinski definition) is 4. The number of amides is 1. The second kappa shape index (κ2) is 12.1. The maximum Gasteiger partial charge on any atom is 3.00 e. The fourth-order valence-corrected chi connectivity index (χ4v) is 3.20. The van der Waals surface area contributed by atoms with Gasteiger partial charge in [0.25, 0.3) is 5.91 Å². The second-order valence-corrected chi connectivity index (χ2v) is 8.08. The molecule has 0 bridgehead atoms. The van der Waals surface area contributed by atoms with Crippen LogP contribution in [0.1, 0.15) is 31.9 Å². The first-order valence-electron chi connectivity index (χ1n) is 7.58. The third-order valence-corrected chi connectivity index (χ3v) is 6.07. The van der Waals surface area contributed by atoms with Gasteiger partial charge in [-0.2, -0.15) is 35.4 Å². The summed E-state index contributed by atoms with van der Waals surface area (Å²) in [5, 5.41) is 8.45. The van der Waals surface area contributed by atoms with E-state index in [1.807, 2.05) is 6.07 Å². The van der Waals surface area contributed by atoms with Gasteiger partial charge < -0.3 is 13.8 Å². The summed E-state index contributed by atoms with van der Waals surface area (Å²) in [5.74, 6) is -0.991. The van der Waals surface area contributed by atoms with Crippen LogP contribution in [0, 0.1) is 26.8 Å². The number of hydroxylamine groups is 1. The van der Waals surface area contributed by atoms with E-state index in [-0.39, 0.29) is 45.8 Å². The van der Waals surface area contributed by atoms with Crippen molar-refractivity contribution >= 4 is 15.9 Å². The number of carbonyl (C=O) groups is 1. The fraction of sp³-hybridized carbons (Fsp3) is 0.471. The smallest absolute Gasteiger partial charge is 0.329 e. The van der Waals surface area contributed by atoms with Gasteiger partial charge in [0.15, 0.2) is 4.75 Å². The minimum atomic E-state index is -3.88. The summed E-state index contributed by atoms with van der Waals surface area (Å²) in [5.41, 5.74) is 3.95. The Labute approximate surface area is 177 Å². The molecule has 0 aliphatic rings. The maximum atomic E-state index is 11.9. The topological polar surface area (TPSA) is 86.7 Å². The van der Waals surface area contributed by atoms with Crippen molar-refractivity contribution in [3.8, 4) is 0 Å². The van der Waals surface area contributed by atoms with E-state index in [4.69, 9.17) is 5.21 Å². The van der Waals surface area contributed by atoms with Crippen molar-refractivity contribution < 1.29 is 51.1 Å². The quantitative estimate of drug-likeness (QED) is 0.399. The SMILES string of the molecule is CCc1cc[c-]c(C)c1.[CH2-]CN(C[CH2-])S(=O)(=O)C(C)(C)C(=O)NO.[Y+3]. The zero-order valence-electron chi connectivity index (χ0n) is 15.4. The van der Waals surface area contributed by atoms with Crippen LogP contribution in [0.25, 0.3) is 0 Å². The van der Waals surface area contributed by atoms with Gasteiger partial charge in [-0.3, -0.25) is 14.3 Å². The van der Waals surface area contributed by atoms with E-state index in [2.05, 4.69) is 45.9 Å². The van der Waals surface area contributed by atoms with Crippen molar-refractivity contribution in [2.24, 2.45) is 0 Å². The number of nitrogens with zero attached hydrogens (tertiary/aromatic N) is 1. The monoisotopic (exact) mass is 444 g/mol. The Kier molecular flexibility index (Phi) is 13.0. The number of benzene rings is 1. The van der Waals surface area contributed by atoms with Crippen LogP contribution in [0.15, 0.2) is 18.2 Å². The normalized spacial score (nSPS) is 11.2. The predicted molar refractivity (Wildman–Crippen MR) is 94.6 cm³/mol. The molecule has 0 radical (unpaired) electrons. The first-order valence-corrected chi connectivity index (χ1v) is 9.02. The van der Waals surface area contributed by atoms with E-state index in [9.17, 15) is 13.2 Å². The van der Waals surface area contributed by atoms with Gasteiger partial charge in [-0.05, 0) is 13.8 Å². The first kappa shape index (κ1) is 26.9. The van der Waals surface area contributed by atoms with Crippen LogP contribution in [0.4, 0.5) is 0 Å². The molecule has 0 unspecified atom stereocenters. The first-order chi connectivity index (χ1) is 11.1. The fourth-order valence-electron chi connectivity index (χ4n) is 1.79. The molecule has 0 aliphatic heterocycles. The number of carbonyl (C=O) groups excluding carboxylic acids is 1. The Balaban J connectivity index is 0. The largest absolute Gasteiger partial charge is 3.00 e. The van der Waals surface area contributed by atoms with Gasteiger partial charge >= 0.3 is 32.7 Å². The summed E-state index contributed by atoms with van der Waals surface area (Å²) >= 11 is 0. The van der Waals surface area contributed by atoms with Crippen LogP contribution < -0.4 is 5.48 Å². The Morgan fingerprint density at radius 2 is 1.88 bits per heavy atom. The molecule has 0 fully saturated rings. The molecule has 6 nitrogen and oxygen atoms in total. The molecule has 1 aromatic carbocycles. The molecule has 0 spiro atoms. The summed E-state index contributed by atoms with van der Waals surface area (Å²) < 4.78 is 23.0. The zero-order valence-corrected chi connectivity index (χ0v) is 19.0. The average molecular weight is 444 g/mol. The van der Waals surface area contributed by atoms with E-state index < -0.39 is 20.7 Å². The van der Waals surface area contributed by atoms with Gasteiger partial charge in [0.05, 0.1) is 0 Å². The summed E-state index contributed by atoms with van der Waals surface area (Å²) in [6, 6.07) is 9.36. The van der Waals surface area contributed by atoms with Crippen LogP contribution in [0.2, 0.25) is 0 Å². The minimum absolute atomic E-state index is 0. The van der Waals surface area contributed by atoms with E-state index >= 15 is 0 Å². The number of sulfonamides is 1. The summed E-state index contributed by atoms with van der Waals surface area (Å²) in [6.07, 6.45) is 1.12. The van der Waals surface area contributed by atoms with Gasteiger partial charge in [0, 0.05) is 0 Å². The van der Waals surface area contributed by atoms with Gasteiger partial charge in [-0.1, -0.05) is 20.3 Å². The Morgan fingerprint density at radius 1 is 1.36 bits per heavy atom. The van der Waals surface area contributed by atoms with Gasteiger partial charge in [0.2, 0.25) is 10.0 Å². The molecule has 1 aromatic rings. The van der Waals surface area contributed by atoms with Crippen LogP contribution in [0.5, 0.6) is 0 Å². The molecule has 0 aromatic heterocycles. The predicted octanol–water partition coefficient (Wildman–Crippen LogP) is 1.93. The second-order valence-electron chi connectivity index (χ2n) is 5.59. The Bertz CT molecular complexity index is 629. The van der Waals surface area contributed by atoms with Crippen molar-refractivity contribution in [3.05, 3.63) is 49.2 Å². The number of nitrogens with one attached hydrogen (secondary N) is 1. The van der Waals surface area contributed by atoms with Crippen LogP contribution >= 0.6 is 0 Å². The number of hydrogen-bond donors (Lipinski definition) is 2. The molecule has 1 rings (SSSR count). The molecule has 25 heavy (non-hydrogen) atoms.